The summed E-state index contributed by atoms with van der Waals surface area (Å²) < 4.78 is 56.3. The highest BCUT2D eigenvalue weighted by Crippen LogP contribution is 2.34. The van der Waals surface area contributed by atoms with E-state index in [9.17, 15) is 17.9 Å². The van der Waals surface area contributed by atoms with Gasteiger partial charge in [-0.05, 0) is 49.2 Å². The molecule has 2 aromatic rings. The number of aliphatic hydroxyl groups is 1. The molecule has 3 rings (SSSR count). The molecule has 0 spiro atoms. The molecule has 9 heteroatoms. The minimum Gasteiger partial charge on any atom is -0.491 e. The highest BCUT2D eigenvalue weighted by atomic mass is 32.2. The molecule has 0 saturated carbocycles. The fraction of sp³-hybridized carbons (Fsp3) is 0.333. The van der Waals surface area contributed by atoms with Gasteiger partial charge in [0.1, 0.15) is 0 Å². The van der Waals surface area contributed by atoms with E-state index in [4.69, 9.17) is 14.2 Å². The lowest BCUT2D eigenvalue weighted by molar-refractivity contribution is 0.166. The van der Waals surface area contributed by atoms with Crippen LogP contribution in [0.1, 0.15) is 25.0 Å². The van der Waals surface area contributed by atoms with Crippen molar-refractivity contribution in [3.05, 3.63) is 47.8 Å². The van der Waals surface area contributed by atoms with Crippen molar-refractivity contribution < 1.29 is 32.1 Å². The van der Waals surface area contributed by atoms with Crippen LogP contribution in [0, 0.1) is 5.82 Å². The van der Waals surface area contributed by atoms with E-state index in [1.165, 1.54) is 12.1 Å². The molecular formula is C18H20FNO6S. The van der Waals surface area contributed by atoms with Crippen molar-refractivity contribution in [1.82, 2.24) is 4.72 Å². The average Bonchev–Trinajstić information content (AvgIpc) is 3.11. The van der Waals surface area contributed by atoms with Gasteiger partial charge in [-0.3, -0.25) is 0 Å². The molecule has 0 aromatic heterocycles. The molecular weight excluding hydrogens is 377 g/mol. The van der Waals surface area contributed by atoms with Crippen molar-refractivity contribution in [1.29, 1.82) is 0 Å². The van der Waals surface area contributed by atoms with E-state index in [0.717, 1.165) is 6.07 Å². The highest BCUT2D eigenvalue weighted by Gasteiger charge is 2.19. The molecule has 27 heavy (non-hydrogen) atoms. The number of hydrogen-bond donors (Lipinski definition) is 2. The highest BCUT2D eigenvalue weighted by molar-refractivity contribution is 7.89. The number of fused-ring (bicyclic) bond motifs is 1. The first-order valence-corrected chi connectivity index (χ1v) is 9.88. The zero-order chi connectivity index (χ0) is 19.4. The second kappa shape index (κ2) is 8.12. The van der Waals surface area contributed by atoms with Crippen LogP contribution in [0.15, 0.2) is 41.3 Å². The molecule has 0 amide bonds. The Labute approximate surface area is 156 Å². The number of sulfonamides is 1. The number of ether oxygens (including phenoxy) is 3. The van der Waals surface area contributed by atoms with Gasteiger partial charge in [0.25, 0.3) is 0 Å². The molecule has 1 aliphatic rings. The molecule has 0 bridgehead atoms. The molecule has 1 atom stereocenters. The summed E-state index contributed by atoms with van der Waals surface area (Å²) in [5.41, 5.74) is 0.588. The van der Waals surface area contributed by atoms with E-state index in [1.807, 2.05) is 0 Å². The normalized spacial score (nSPS) is 14.2. The SMILES string of the molecule is CCOc1ccc(S(=O)(=O)NCC[C@@H](O)c2ccc3c(c2)OCO3)cc1F. The van der Waals surface area contributed by atoms with Crippen LogP contribution in [0.2, 0.25) is 0 Å². The minimum absolute atomic E-state index is 0.00493. The molecule has 0 fully saturated rings. The summed E-state index contributed by atoms with van der Waals surface area (Å²) in [6, 6.07) is 8.48. The third-order valence-corrected chi connectivity index (χ3v) is 5.46. The molecule has 2 N–H and O–H groups in total. The van der Waals surface area contributed by atoms with Crippen molar-refractivity contribution >= 4 is 10.0 Å². The lowest BCUT2D eigenvalue weighted by Crippen LogP contribution is -2.26. The first kappa shape index (κ1) is 19.4. The Kier molecular flexibility index (Phi) is 5.83. The van der Waals surface area contributed by atoms with Crippen LogP contribution < -0.4 is 18.9 Å². The lowest BCUT2D eigenvalue weighted by atomic mass is 10.1. The van der Waals surface area contributed by atoms with E-state index < -0.39 is 21.9 Å². The van der Waals surface area contributed by atoms with E-state index in [-0.39, 0.29) is 37.0 Å². The van der Waals surface area contributed by atoms with Crippen LogP contribution >= 0.6 is 0 Å². The van der Waals surface area contributed by atoms with Crippen molar-refractivity contribution in [3.63, 3.8) is 0 Å². The van der Waals surface area contributed by atoms with Crippen LogP contribution in [0.25, 0.3) is 0 Å². The number of nitrogens with one attached hydrogen (secondary N) is 1. The summed E-state index contributed by atoms with van der Waals surface area (Å²) in [7, 11) is -3.90. The monoisotopic (exact) mass is 397 g/mol. The van der Waals surface area contributed by atoms with Crippen LogP contribution in [0.5, 0.6) is 17.2 Å². The summed E-state index contributed by atoms with van der Waals surface area (Å²) in [4.78, 5) is -0.207. The van der Waals surface area contributed by atoms with Crippen molar-refractivity contribution in [3.8, 4) is 17.2 Å². The smallest absolute Gasteiger partial charge is 0.240 e. The molecule has 146 valence electrons. The molecule has 2 aromatic carbocycles. The number of rotatable bonds is 8. The van der Waals surface area contributed by atoms with E-state index >= 15 is 0 Å². The van der Waals surface area contributed by atoms with Gasteiger partial charge in [-0.25, -0.2) is 17.5 Å². The maximum Gasteiger partial charge on any atom is 0.240 e. The largest absolute Gasteiger partial charge is 0.491 e. The Hall–Kier alpha value is -2.36. The first-order chi connectivity index (χ1) is 12.9. The Morgan fingerprint density at radius 3 is 2.74 bits per heavy atom. The Morgan fingerprint density at radius 1 is 1.22 bits per heavy atom. The third kappa shape index (κ3) is 4.49. The zero-order valence-corrected chi connectivity index (χ0v) is 15.5. The molecule has 0 radical (unpaired) electrons. The van der Waals surface area contributed by atoms with Gasteiger partial charge in [0, 0.05) is 6.54 Å². The molecule has 0 saturated heterocycles. The molecule has 1 aliphatic heterocycles. The van der Waals surface area contributed by atoms with Crippen LogP contribution in [0.3, 0.4) is 0 Å². The maximum absolute atomic E-state index is 13.9. The van der Waals surface area contributed by atoms with Crippen LogP contribution in [-0.4, -0.2) is 33.5 Å². The van der Waals surface area contributed by atoms with Crippen molar-refractivity contribution in [2.75, 3.05) is 19.9 Å². The quantitative estimate of drug-likeness (QED) is 0.710. The maximum atomic E-state index is 13.9. The lowest BCUT2D eigenvalue weighted by Gasteiger charge is -2.13. The van der Waals surface area contributed by atoms with Crippen LogP contribution in [0.4, 0.5) is 4.39 Å². The predicted octanol–water partition coefficient (Wildman–Crippen LogP) is 2.36. The molecule has 7 nitrogen and oxygen atoms in total. The van der Waals surface area contributed by atoms with Gasteiger partial charge in [0.2, 0.25) is 16.8 Å². The van der Waals surface area contributed by atoms with Crippen molar-refractivity contribution in [2.45, 2.75) is 24.3 Å². The topological polar surface area (TPSA) is 94.1 Å². The summed E-state index contributed by atoms with van der Waals surface area (Å²) in [5, 5.41) is 10.3. The predicted molar refractivity (Wildman–Crippen MR) is 94.9 cm³/mol. The fourth-order valence-corrected chi connectivity index (χ4v) is 3.68. The fourth-order valence-electron chi connectivity index (χ4n) is 2.62. The number of aliphatic hydroxyl groups excluding tert-OH is 1. The third-order valence-electron chi connectivity index (χ3n) is 4.00. The van der Waals surface area contributed by atoms with E-state index in [2.05, 4.69) is 4.72 Å². The van der Waals surface area contributed by atoms with Gasteiger partial charge in [0.05, 0.1) is 17.6 Å². The Balaban J connectivity index is 1.59. The summed E-state index contributed by atoms with van der Waals surface area (Å²) in [6.45, 7) is 2.09. The number of benzene rings is 2. The molecule has 0 aliphatic carbocycles. The van der Waals surface area contributed by atoms with E-state index in [0.29, 0.717) is 17.1 Å². The number of halogens is 1. The van der Waals surface area contributed by atoms with Gasteiger partial charge >= 0.3 is 0 Å². The van der Waals surface area contributed by atoms with Gasteiger partial charge in [-0.15, -0.1) is 0 Å². The van der Waals surface area contributed by atoms with Gasteiger partial charge in [0.15, 0.2) is 23.1 Å². The van der Waals surface area contributed by atoms with Gasteiger partial charge < -0.3 is 19.3 Å². The molecule has 1 heterocycles. The Morgan fingerprint density at radius 2 is 2.00 bits per heavy atom. The standard InChI is InChI=1S/C18H20FNO6S/c1-2-24-16-6-4-13(10-14(16)19)27(22,23)20-8-7-15(21)12-3-5-17-18(9-12)26-11-25-17/h3-6,9-10,15,20-21H,2,7-8,11H2,1H3/t15-/m1/s1. The summed E-state index contributed by atoms with van der Waals surface area (Å²) in [5.74, 6) is 0.385. The Bertz CT molecular complexity index is 918. The van der Waals surface area contributed by atoms with Gasteiger partial charge in [-0.2, -0.15) is 0 Å². The second-order valence-electron chi connectivity index (χ2n) is 5.84. The molecule has 0 unspecified atom stereocenters. The summed E-state index contributed by atoms with van der Waals surface area (Å²) >= 11 is 0. The van der Waals surface area contributed by atoms with Crippen molar-refractivity contribution in [2.24, 2.45) is 0 Å². The van der Waals surface area contributed by atoms with Gasteiger partial charge in [-0.1, -0.05) is 6.07 Å². The van der Waals surface area contributed by atoms with E-state index in [1.54, 1.807) is 25.1 Å². The second-order valence-corrected chi connectivity index (χ2v) is 7.61. The zero-order valence-electron chi connectivity index (χ0n) is 14.6. The number of hydrogen-bond acceptors (Lipinski definition) is 6. The van der Waals surface area contributed by atoms with Crippen LogP contribution in [-0.2, 0) is 10.0 Å². The average molecular weight is 397 g/mol. The first-order valence-electron chi connectivity index (χ1n) is 8.40. The summed E-state index contributed by atoms with van der Waals surface area (Å²) in [6.07, 6.45) is -0.752. The minimum atomic E-state index is -3.90.